The second kappa shape index (κ2) is 6.05. The summed E-state index contributed by atoms with van der Waals surface area (Å²) in [7, 11) is 0. The zero-order valence-corrected chi connectivity index (χ0v) is 12.9. The monoisotopic (exact) mass is 311 g/mol. The van der Waals surface area contributed by atoms with Gasteiger partial charge in [0.25, 0.3) is 0 Å². The average Bonchev–Trinajstić information content (AvgIpc) is 2.72. The minimum atomic E-state index is 0.292. The van der Waals surface area contributed by atoms with Gasteiger partial charge in [-0.25, -0.2) is 0 Å². The van der Waals surface area contributed by atoms with Crippen molar-refractivity contribution < 1.29 is 4.79 Å². The highest BCUT2D eigenvalue weighted by Crippen LogP contribution is 2.33. The Labute approximate surface area is 129 Å². The normalized spacial score (nSPS) is 28.6. The zero-order chi connectivity index (χ0) is 14.1. The van der Waals surface area contributed by atoms with Crippen molar-refractivity contribution in [1.29, 1.82) is 0 Å². The highest BCUT2D eigenvalue weighted by Gasteiger charge is 2.34. The molecule has 1 aromatic carbocycles. The molecule has 1 aromatic rings. The molecule has 108 valence electrons. The maximum atomic E-state index is 12.2. The number of carbonyl (C=O) groups excluding carboxylic acids is 1. The first-order chi connectivity index (χ1) is 9.60. The predicted octanol–water partition coefficient (Wildman–Crippen LogP) is 4.03. The number of rotatable bonds is 4. The summed E-state index contributed by atoms with van der Waals surface area (Å²) in [5, 5.41) is 4.82. The lowest BCUT2D eigenvalue weighted by molar-refractivity contribution is -0.119. The maximum absolute atomic E-state index is 12.2. The van der Waals surface area contributed by atoms with Crippen LogP contribution in [0.5, 0.6) is 0 Å². The molecule has 2 aliphatic rings. The third kappa shape index (κ3) is 3.36. The van der Waals surface area contributed by atoms with Gasteiger partial charge in [0, 0.05) is 35.0 Å². The van der Waals surface area contributed by atoms with E-state index in [1.54, 1.807) is 12.1 Å². The van der Waals surface area contributed by atoms with Gasteiger partial charge in [-0.1, -0.05) is 29.3 Å². The fourth-order valence-corrected chi connectivity index (χ4v) is 4.09. The Kier molecular flexibility index (Phi) is 4.34. The van der Waals surface area contributed by atoms with Crippen LogP contribution in [0.4, 0.5) is 0 Å². The molecule has 3 rings (SSSR count). The summed E-state index contributed by atoms with van der Waals surface area (Å²) >= 11 is 12.0. The predicted molar refractivity (Wildman–Crippen MR) is 82.5 cm³/mol. The van der Waals surface area contributed by atoms with Crippen LogP contribution >= 0.6 is 23.2 Å². The molecule has 1 N–H and O–H groups in total. The van der Waals surface area contributed by atoms with Crippen LogP contribution in [0.1, 0.15) is 37.7 Å². The number of hydrogen-bond donors (Lipinski definition) is 1. The SMILES string of the molecule is O=C(Cc1ccc(Cl)cc1Cl)CC1CC2CCC(C1)N2. The molecule has 0 spiro atoms. The van der Waals surface area contributed by atoms with Gasteiger partial charge < -0.3 is 5.32 Å². The molecule has 0 aliphatic carbocycles. The molecule has 0 amide bonds. The standard InChI is InChI=1S/C16H19Cl2NO/c17-12-2-1-11(16(18)9-12)8-15(20)7-10-5-13-3-4-14(6-10)19-13/h1-2,9-10,13-14,19H,3-8H2. The second-order valence-electron chi connectivity index (χ2n) is 6.13. The number of nitrogens with one attached hydrogen (secondary N) is 1. The number of carbonyl (C=O) groups is 1. The lowest BCUT2D eigenvalue weighted by Crippen LogP contribution is -2.38. The maximum Gasteiger partial charge on any atom is 0.137 e. The van der Waals surface area contributed by atoms with E-state index in [9.17, 15) is 4.79 Å². The molecule has 20 heavy (non-hydrogen) atoms. The van der Waals surface area contributed by atoms with Gasteiger partial charge in [-0.2, -0.15) is 0 Å². The number of halogens is 2. The van der Waals surface area contributed by atoms with Crippen LogP contribution in [0.25, 0.3) is 0 Å². The number of piperidine rings is 1. The van der Waals surface area contributed by atoms with E-state index in [0.717, 1.165) is 18.4 Å². The summed E-state index contributed by atoms with van der Waals surface area (Å²) in [6, 6.07) is 6.64. The molecular weight excluding hydrogens is 293 g/mol. The van der Waals surface area contributed by atoms with Crippen molar-refractivity contribution >= 4 is 29.0 Å². The Bertz CT molecular complexity index is 505. The molecule has 2 atom stereocenters. The van der Waals surface area contributed by atoms with Crippen LogP contribution in [0.15, 0.2) is 18.2 Å². The van der Waals surface area contributed by atoms with Crippen LogP contribution in [0, 0.1) is 5.92 Å². The Morgan fingerprint density at radius 3 is 2.55 bits per heavy atom. The lowest BCUT2D eigenvalue weighted by Gasteiger charge is -2.28. The van der Waals surface area contributed by atoms with Gasteiger partial charge in [-0.3, -0.25) is 4.79 Å². The van der Waals surface area contributed by atoms with Gasteiger partial charge in [0.05, 0.1) is 0 Å². The van der Waals surface area contributed by atoms with Crippen molar-refractivity contribution in [3.63, 3.8) is 0 Å². The number of hydrogen-bond acceptors (Lipinski definition) is 2. The van der Waals surface area contributed by atoms with E-state index in [2.05, 4.69) is 5.32 Å². The first-order valence-corrected chi connectivity index (χ1v) is 8.07. The molecule has 2 fully saturated rings. The number of ketones is 1. The minimum absolute atomic E-state index is 0.292. The summed E-state index contributed by atoms with van der Waals surface area (Å²) in [4.78, 5) is 12.2. The lowest BCUT2D eigenvalue weighted by atomic mass is 9.87. The first kappa shape index (κ1) is 14.4. The number of Topliss-reactive ketones (excluding diaryl/α,β-unsaturated/α-hetero) is 1. The van der Waals surface area contributed by atoms with E-state index in [-0.39, 0.29) is 0 Å². The largest absolute Gasteiger partial charge is 0.311 e. The minimum Gasteiger partial charge on any atom is -0.311 e. The van der Waals surface area contributed by atoms with Crippen LogP contribution in [0.3, 0.4) is 0 Å². The molecule has 2 bridgehead atoms. The van der Waals surface area contributed by atoms with E-state index in [4.69, 9.17) is 23.2 Å². The molecule has 2 nitrogen and oxygen atoms in total. The van der Waals surface area contributed by atoms with Gasteiger partial charge >= 0.3 is 0 Å². The zero-order valence-electron chi connectivity index (χ0n) is 11.4. The Hall–Kier alpha value is -0.570. The van der Waals surface area contributed by atoms with Crippen molar-refractivity contribution in [2.45, 2.75) is 50.6 Å². The van der Waals surface area contributed by atoms with Crippen molar-refractivity contribution in [3.8, 4) is 0 Å². The van der Waals surface area contributed by atoms with Crippen LogP contribution in [0.2, 0.25) is 10.0 Å². The smallest absolute Gasteiger partial charge is 0.137 e. The summed E-state index contributed by atoms with van der Waals surface area (Å²) < 4.78 is 0. The average molecular weight is 312 g/mol. The summed E-state index contributed by atoms with van der Waals surface area (Å²) in [5.74, 6) is 0.841. The fraction of sp³-hybridized carbons (Fsp3) is 0.562. The second-order valence-corrected chi connectivity index (χ2v) is 6.97. The molecule has 4 heteroatoms. The van der Waals surface area contributed by atoms with Crippen molar-refractivity contribution in [3.05, 3.63) is 33.8 Å². The van der Waals surface area contributed by atoms with Crippen LogP contribution < -0.4 is 5.32 Å². The van der Waals surface area contributed by atoms with Crippen molar-refractivity contribution in [1.82, 2.24) is 5.32 Å². The first-order valence-electron chi connectivity index (χ1n) is 7.32. The van der Waals surface area contributed by atoms with E-state index in [0.29, 0.717) is 46.7 Å². The molecule has 0 aromatic heterocycles. The topological polar surface area (TPSA) is 29.1 Å². The summed E-state index contributed by atoms with van der Waals surface area (Å²) in [5.41, 5.74) is 0.887. The molecule has 2 saturated heterocycles. The summed E-state index contributed by atoms with van der Waals surface area (Å²) in [6.07, 6.45) is 5.97. The van der Waals surface area contributed by atoms with E-state index >= 15 is 0 Å². The number of benzene rings is 1. The van der Waals surface area contributed by atoms with Gasteiger partial charge in [-0.15, -0.1) is 0 Å². The van der Waals surface area contributed by atoms with Crippen LogP contribution in [-0.4, -0.2) is 17.9 Å². The van der Waals surface area contributed by atoms with E-state index < -0.39 is 0 Å². The Balaban J connectivity index is 1.57. The quantitative estimate of drug-likeness (QED) is 0.909. The molecule has 2 heterocycles. The van der Waals surface area contributed by atoms with Gasteiger partial charge in [0.1, 0.15) is 5.78 Å². The molecule has 0 saturated carbocycles. The van der Waals surface area contributed by atoms with E-state index in [1.165, 1.54) is 12.8 Å². The third-order valence-corrected chi connectivity index (χ3v) is 5.08. The van der Waals surface area contributed by atoms with Gasteiger partial charge in [0.2, 0.25) is 0 Å². The Morgan fingerprint density at radius 2 is 1.90 bits per heavy atom. The highest BCUT2D eigenvalue weighted by atomic mass is 35.5. The number of fused-ring (bicyclic) bond motifs is 2. The molecule has 2 aliphatic heterocycles. The third-order valence-electron chi connectivity index (χ3n) is 4.49. The molecular formula is C16H19Cl2NO. The Morgan fingerprint density at radius 1 is 1.20 bits per heavy atom. The van der Waals surface area contributed by atoms with Gasteiger partial charge in [0.15, 0.2) is 0 Å². The van der Waals surface area contributed by atoms with Crippen molar-refractivity contribution in [2.75, 3.05) is 0 Å². The van der Waals surface area contributed by atoms with Crippen molar-refractivity contribution in [2.24, 2.45) is 5.92 Å². The molecule has 0 radical (unpaired) electrons. The van der Waals surface area contributed by atoms with Gasteiger partial charge in [-0.05, 0) is 49.3 Å². The highest BCUT2D eigenvalue weighted by molar-refractivity contribution is 6.35. The molecule has 2 unspecified atom stereocenters. The fourth-order valence-electron chi connectivity index (χ4n) is 3.61. The summed E-state index contributed by atoms with van der Waals surface area (Å²) in [6.45, 7) is 0. The van der Waals surface area contributed by atoms with E-state index in [1.807, 2.05) is 6.07 Å². The van der Waals surface area contributed by atoms with Crippen LogP contribution in [-0.2, 0) is 11.2 Å².